The van der Waals surface area contributed by atoms with Crippen molar-refractivity contribution in [3.8, 4) is 45.5 Å². The maximum atomic E-state index is 7.61. The van der Waals surface area contributed by atoms with Crippen LogP contribution < -0.4 is 36.5 Å². The molecule has 0 aliphatic heterocycles. The topological polar surface area (TPSA) is 35.4 Å². The van der Waals surface area contributed by atoms with Crippen molar-refractivity contribution in [2.24, 2.45) is 0 Å². The first kappa shape index (κ1) is 72.9. The van der Waals surface area contributed by atoms with Crippen LogP contribution in [0.2, 0.25) is 0 Å². The molecule has 0 aliphatic carbocycles. The summed E-state index contributed by atoms with van der Waals surface area (Å²) in [6, 6.07) is 101. The van der Waals surface area contributed by atoms with Crippen molar-refractivity contribution in [3.63, 3.8) is 0 Å². The smallest absolute Gasteiger partial charge is 0.223 e. The highest BCUT2D eigenvalue weighted by Crippen LogP contribution is 2.30. The van der Waals surface area contributed by atoms with E-state index in [1.165, 1.54) is 151 Å². The molecule has 0 radical (unpaired) electrons. The minimum absolute atomic E-state index is 0.640. The van der Waals surface area contributed by atoms with Crippen LogP contribution in [0.4, 0.5) is 5.69 Å². The third-order valence-corrected chi connectivity index (χ3v) is 21.4. The number of fused-ring (bicyclic) bond motifs is 5. The van der Waals surface area contributed by atoms with Gasteiger partial charge in [0.1, 0.15) is 0 Å². The molecule has 0 fully saturated rings. The summed E-state index contributed by atoms with van der Waals surface area (Å²) in [5.41, 5.74) is 34.8. The second kappa shape index (κ2) is 31.2. The largest absolute Gasteiger partial charge is 0.238 e. The summed E-state index contributed by atoms with van der Waals surface area (Å²) in [7, 11) is 0. The summed E-state index contributed by atoms with van der Waals surface area (Å²) in [4.78, 5) is 3.75. The summed E-state index contributed by atoms with van der Waals surface area (Å²) in [5.74, 6) is 0. The van der Waals surface area contributed by atoms with Crippen LogP contribution in [0.25, 0.3) is 105 Å². The molecule has 9 nitrogen and oxygen atoms in total. The molecule has 17 rings (SSSR count). The van der Waals surface area contributed by atoms with E-state index in [1.807, 2.05) is 24.3 Å². The lowest BCUT2D eigenvalue weighted by atomic mass is 10.00. The van der Waals surface area contributed by atoms with Gasteiger partial charge in [-0.3, -0.25) is 0 Å². The minimum atomic E-state index is 0.640. The summed E-state index contributed by atoms with van der Waals surface area (Å²) in [5, 5.41) is 6.19. The first-order valence-electron chi connectivity index (χ1n) is 37.6. The first-order chi connectivity index (χ1) is 52.8. The molecule has 9 heteroatoms. The van der Waals surface area contributed by atoms with Gasteiger partial charge in [0.05, 0.1) is 28.8 Å². The van der Waals surface area contributed by atoms with Crippen molar-refractivity contribution >= 4 is 60.2 Å². The van der Waals surface area contributed by atoms with Crippen molar-refractivity contribution in [2.75, 3.05) is 0 Å². The monoisotopic (exact) mass is 1420 g/mol. The molecule has 0 amide bonds. The van der Waals surface area contributed by atoms with Gasteiger partial charge in [0.2, 0.25) is 73.1 Å². The van der Waals surface area contributed by atoms with E-state index in [0.717, 1.165) is 33.8 Å². The number of aromatic nitrogens is 8. The number of pyridine rings is 8. The normalized spacial score (nSPS) is 11.1. The predicted octanol–water partition coefficient (Wildman–Crippen LogP) is 19.9. The maximum absolute atomic E-state index is 7.61. The van der Waals surface area contributed by atoms with Gasteiger partial charge < -0.3 is 0 Å². The molecule has 8 aromatic heterocycles. The Hall–Kier alpha value is -13.0. The van der Waals surface area contributed by atoms with Crippen molar-refractivity contribution in [3.05, 3.63) is 400 Å². The summed E-state index contributed by atoms with van der Waals surface area (Å²) in [6.45, 7) is 40.3. The molecule has 0 bridgehead atoms. The Morgan fingerprint density at radius 2 is 0.514 bits per heavy atom. The van der Waals surface area contributed by atoms with E-state index in [9.17, 15) is 0 Å². The number of hydrogen-bond acceptors (Lipinski definition) is 0. The molecular formula is C100H95N9+8. The lowest BCUT2D eigenvalue weighted by Crippen LogP contribution is -2.41. The van der Waals surface area contributed by atoms with Gasteiger partial charge in [0.25, 0.3) is 0 Å². The van der Waals surface area contributed by atoms with Gasteiger partial charge >= 0.3 is 0 Å². The van der Waals surface area contributed by atoms with Gasteiger partial charge in [-0.1, -0.05) is 78.9 Å². The van der Waals surface area contributed by atoms with Crippen molar-refractivity contribution < 1.29 is 36.5 Å². The molecular weight excluding hydrogens is 1330 g/mol. The van der Waals surface area contributed by atoms with Gasteiger partial charge in [0.15, 0.2) is 69.8 Å². The summed E-state index contributed by atoms with van der Waals surface area (Å²) >= 11 is 0. The second-order valence-corrected chi connectivity index (χ2v) is 28.9. The minimum Gasteiger partial charge on any atom is -0.238 e. The average Bonchev–Trinajstić information content (AvgIpc) is 0.755. The molecule has 17 aromatic rings. The van der Waals surface area contributed by atoms with Gasteiger partial charge in [-0.15, -0.1) is 0 Å². The Morgan fingerprint density at radius 3 is 0.899 bits per heavy atom. The number of nitrogens with zero attached hydrogens (tertiary/aromatic N) is 9. The highest BCUT2D eigenvalue weighted by molar-refractivity contribution is 5.80. The van der Waals surface area contributed by atoms with E-state index in [1.54, 1.807) is 0 Å². The molecule has 0 spiro atoms. The Labute approximate surface area is 641 Å². The standard InChI is InChI=1S/C27H24N2.C25H26N2.C24H21N3.C24H24N2/c1-19-15-17-22-9-4-6-11-26(22)28(19)24-13-8-14-25(21(24)3)29-20(2)16-18-23-10-5-7-12-27(23)29;1-17-16-18(2)25(21(5)24(17)26-15-9-8-10-19(26)3)27-20(4)13-14-22-11-6-7-12-23(22)27;1-17-9-7-8-14-26(17)23-15-21(25-4)16-24(19(23)3)27-18(2)12-13-20-10-5-6-11-22(20)27;1-17-15-23(25-14-8-7-9-18(25)2)20(4)24(16-17)26-19(3)12-13-21-10-5-6-11-22(21)26/h4-18H,1-3H3;6-16H,1-5H3;5-16H,1-3H3;5-16H,1-4H3/q4*+2. The molecule has 9 aromatic carbocycles. The van der Waals surface area contributed by atoms with Gasteiger partial charge in [-0.25, -0.2) is 4.85 Å². The van der Waals surface area contributed by atoms with Crippen LogP contribution in [0, 0.1) is 110 Å². The van der Waals surface area contributed by atoms with Crippen molar-refractivity contribution in [1.82, 2.24) is 0 Å². The number of benzene rings is 9. The fraction of sp³-hybridized carbons (Fsp3) is 0.150. The van der Waals surface area contributed by atoms with E-state index in [-0.39, 0.29) is 0 Å². The van der Waals surface area contributed by atoms with Crippen LogP contribution in [0.5, 0.6) is 0 Å². The molecule has 0 saturated carbocycles. The average molecular weight is 1420 g/mol. The SMILES string of the molecule is Cc1c(-[n+]2c(C)ccc3ccccc32)cccc1-[n+]1c(C)ccc2ccccc21.Cc1cc(-[n+]2ccccc2C)c(C)c(-[n+]2c(C)ccc3ccccc32)c1.Cc1cc(C)c(-[n+]2c(C)ccc3ccccc32)c(C)c1-[n+]1ccccc1C.[C-]#[N+]c1cc(-[n+]2ccccc2C)c(C)c(-[n+]2c(C)ccc3ccccc32)c1. The summed E-state index contributed by atoms with van der Waals surface area (Å²) < 4.78 is 18.5. The quantitative estimate of drug-likeness (QED) is 0.107. The van der Waals surface area contributed by atoms with Gasteiger partial charge in [-0.2, -0.15) is 36.5 Å². The van der Waals surface area contributed by atoms with Crippen molar-refractivity contribution in [1.29, 1.82) is 0 Å². The zero-order chi connectivity index (χ0) is 76.3. The number of aryl methyl sites for hydroxylation is 11. The van der Waals surface area contributed by atoms with Crippen LogP contribution in [0.1, 0.15) is 84.5 Å². The zero-order valence-electron chi connectivity index (χ0n) is 65.4. The molecule has 532 valence electrons. The Morgan fingerprint density at radius 1 is 0.220 bits per heavy atom. The van der Waals surface area contributed by atoms with Gasteiger partial charge in [-0.05, 0) is 127 Å². The third-order valence-electron chi connectivity index (χ3n) is 21.4. The highest BCUT2D eigenvalue weighted by atomic mass is 15.0. The molecule has 0 aliphatic rings. The van der Waals surface area contributed by atoms with E-state index >= 15 is 0 Å². The molecule has 0 N–H and O–H groups in total. The van der Waals surface area contributed by atoms with Crippen LogP contribution in [0.15, 0.2) is 304 Å². The number of hydrogen-bond donors (Lipinski definition) is 0. The van der Waals surface area contributed by atoms with E-state index < -0.39 is 0 Å². The predicted molar refractivity (Wildman–Crippen MR) is 443 cm³/mol. The van der Waals surface area contributed by atoms with Crippen LogP contribution in [-0.4, -0.2) is 0 Å². The Balaban J connectivity index is 0.000000121. The Kier molecular flexibility index (Phi) is 20.9. The zero-order valence-corrected chi connectivity index (χ0v) is 65.4. The van der Waals surface area contributed by atoms with E-state index in [0.29, 0.717) is 5.69 Å². The maximum Gasteiger partial charge on any atom is 0.223 e. The second-order valence-electron chi connectivity index (χ2n) is 28.9. The van der Waals surface area contributed by atoms with Crippen molar-refractivity contribution in [2.45, 2.75) is 104 Å². The lowest BCUT2D eigenvalue weighted by Gasteiger charge is -2.13. The van der Waals surface area contributed by atoms with E-state index in [4.69, 9.17) is 6.57 Å². The van der Waals surface area contributed by atoms with Crippen LogP contribution in [0.3, 0.4) is 0 Å². The van der Waals surface area contributed by atoms with Crippen LogP contribution in [-0.2, 0) is 0 Å². The van der Waals surface area contributed by atoms with E-state index in [2.05, 4.69) is 425 Å². The van der Waals surface area contributed by atoms with Gasteiger partial charge in [0, 0.05) is 227 Å². The number of para-hydroxylation sites is 5. The Bertz CT molecular complexity index is 6350. The van der Waals surface area contributed by atoms with Crippen LogP contribution >= 0.6 is 0 Å². The third kappa shape index (κ3) is 14.3. The molecule has 0 saturated heterocycles. The molecule has 0 unspecified atom stereocenters. The fourth-order valence-corrected chi connectivity index (χ4v) is 16.0. The fourth-order valence-electron chi connectivity index (χ4n) is 16.0. The lowest BCUT2D eigenvalue weighted by molar-refractivity contribution is -0.606. The number of rotatable bonds is 8. The highest BCUT2D eigenvalue weighted by Gasteiger charge is 2.32. The molecule has 0 atom stereocenters. The molecule has 109 heavy (non-hydrogen) atoms. The first-order valence-corrected chi connectivity index (χ1v) is 37.6. The molecule has 8 heterocycles. The summed E-state index contributed by atoms with van der Waals surface area (Å²) in [6.07, 6.45) is 6.35.